The third-order valence-electron chi connectivity index (χ3n) is 5.12. The lowest BCUT2D eigenvalue weighted by Gasteiger charge is -2.17. The Hall–Kier alpha value is -2.46. The number of nitrogens with zero attached hydrogens (tertiary/aromatic N) is 2. The number of carbonyl (C=O) groups excluding carboxylic acids is 1. The maximum absolute atomic E-state index is 12.6. The van der Waals surface area contributed by atoms with Crippen molar-refractivity contribution in [2.75, 3.05) is 0 Å². The maximum atomic E-state index is 12.6. The number of ketones is 1. The van der Waals surface area contributed by atoms with Crippen LogP contribution < -0.4 is 0 Å². The van der Waals surface area contributed by atoms with Crippen molar-refractivity contribution in [2.45, 2.75) is 45.3 Å². The van der Waals surface area contributed by atoms with Crippen molar-refractivity contribution in [3.8, 4) is 0 Å². The van der Waals surface area contributed by atoms with Gasteiger partial charge in [0.05, 0.1) is 23.2 Å². The van der Waals surface area contributed by atoms with E-state index >= 15 is 0 Å². The number of benzene rings is 1. The van der Waals surface area contributed by atoms with E-state index in [0.29, 0.717) is 5.56 Å². The Morgan fingerprint density at radius 3 is 2.62 bits per heavy atom. The molecule has 1 aliphatic carbocycles. The summed E-state index contributed by atoms with van der Waals surface area (Å²) in [5, 5.41) is 11.2. The van der Waals surface area contributed by atoms with Gasteiger partial charge in [0, 0.05) is 29.9 Å². The molecule has 0 saturated heterocycles. The molecule has 2 heterocycles. The molecule has 4 nitrogen and oxygen atoms in total. The van der Waals surface area contributed by atoms with E-state index in [9.17, 15) is 9.90 Å². The van der Waals surface area contributed by atoms with E-state index in [1.165, 1.54) is 12.8 Å². The third kappa shape index (κ3) is 3.56. The largest absolute Gasteiger partial charge is 0.386 e. The summed E-state index contributed by atoms with van der Waals surface area (Å²) in [4.78, 5) is 17.1. The molecule has 1 saturated carbocycles. The van der Waals surface area contributed by atoms with Crippen molar-refractivity contribution < 1.29 is 9.90 Å². The lowest BCUT2D eigenvalue weighted by molar-refractivity contribution is 0.0784. The predicted molar refractivity (Wildman–Crippen MR) is 102 cm³/mol. The van der Waals surface area contributed by atoms with Crippen LogP contribution in [0.4, 0.5) is 0 Å². The number of Topliss-reactive ketones (excluding diaryl/α,β-unsaturated/α-hetero) is 1. The highest BCUT2D eigenvalue weighted by Crippen LogP contribution is 2.32. The molecule has 1 N–H and O–H groups in total. The van der Waals surface area contributed by atoms with Gasteiger partial charge in [0.2, 0.25) is 0 Å². The lowest BCUT2D eigenvalue weighted by atomic mass is 9.96. The molecule has 2 aromatic heterocycles. The van der Waals surface area contributed by atoms with E-state index < -0.39 is 5.60 Å². The van der Waals surface area contributed by atoms with E-state index in [-0.39, 0.29) is 12.2 Å². The fourth-order valence-corrected chi connectivity index (χ4v) is 3.29. The zero-order valence-corrected chi connectivity index (χ0v) is 15.3. The minimum absolute atomic E-state index is 0.0412. The van der Waals surface area contributed by atoms with E-state index in [2.05, 4.69) is 21.8 Å². The number of carbonyl (C=O) groups is 1. The molecule has 4 rings (SSSR count). The van der Waals surface area contributed by atoms with Gasteiger partial charge in [0.15, 0.2) is 5.78 Å². The summed E-state index contributed by atoms with van der Waals surface area (Å²) in [6.45, 7) is 4.53. The third-order valence-corrected chi connectivity index (χ3v) is 5.12. The quantitative estimate of drug-likeness (QED) is 0.682. The highest BCUT2D eigenvalue weighted by molar-refractivity contribution is 5.97. The van der Waals surface area contributed by atoms with Gasteiger partial charge in [-0.05, 0) is 50.3 Å². The van der Waals surface area contributed by atoms with Gasteiger partial charge in [0.1, 0.15) is 0 Å². The Bertz CT molecular complexity index is 944. The second kappa shape index (κ2) is 6.36. The van der Waals surface area contributed by atoms with Crippen molar-refractivity contribution in [2.24, 2.45) is 5.92 Å². The Balaban J connectivity index is 1.53. The van der Waals surface area contributed by atoms with Crippen LogP contribution in [0.5, 0.6) is 0 Å². The van der Waals surface area contributed by atoms with Crippen LogP contribution in [-0.2, 0) is 18.6 Å². The summed E-state index contributed by atoms with van der Waals surface area (Å²) in [5.74, 6) is 0.845. The monoisotopic (exact) mass is 348 g/mol. The maximum Gasteiger partial charge on any atom is 0.168 e. The molecule has 134 valence electrons. The highest BCUT2D eigenvalue weighted by atomic mass is 16.3. The molecule has 3 aromatic rings. The van der Waals surface area contributed by atoms with Crippen LogP contribution in [0.2, 0.25) is 0 Å². The molecule has 0 radical (unpaired) electrons. The molecule has 0 aliphatic heterocycles. The Kier molecular flexibility index (Phi) is 4.16. The Morgan fingerprint density at radius 2 is 1.96 bits per heavy atom. The molecule has 0 spiro atoms. The first-order valence-corrected chi connectivity index (χ1v) is 9.20. The van der Waals surface area contributed by atoms with E-state index in [1.54, 1.807) is 26.0 Å². The van der Waals surface area contributed by atoms with Crippen molar-refractivity contribution in [1.29, 1.82) is 0 Å². The van der Waals surface area contributed by atoms with Crippen molar-refractivity contribution in [1.82, 2.24) is 9.55 Å². The number of hydrogen-bond donors (Lipinski definition) is 1. The molecular weight excluding hydrogens is 324 g/mol. The highest BCUT2D eigenvalue weighted by Gasteiger charge is 2.22. The van der Waals surface area contributed by atoms with Gasteiger partial charge in [-0.3, -0.25) is 9.78 Å². The zero-order valence-electron chi connectivity index (χ0n) is 15.3. The molecule has 1 aromatic carbocycles. The smallest absolute Gasteiger partial charge is 0.168 e. The van der Waals surface area contributed by atoms with Gasteiger partial charge in [-0.25, -0.2) is 0 Å². The second-order valence-electron chi connectivity index (χ2n) is 7.88. The van der Waals surface area contributed by atoms with Crippen LogP contribution in [0.3, 0.4) is 0 Å². The summed E-state index contributed by atoms with van der Waals surface area (Å²) >= 11 is 0. The number of fused-ring (bicyclic) bond motifs is 1. The topological polar surface area (TPSA) is 55.1 Å². The fourth-order valence-electron chi connectivity index (χ4n) is 3.29. The van der Waals surface area contributed by atoms with E-state index in [4.69, 9.17) is 0 Å². The number of rotatable bonds is 6. The Morgan fingerprint density at radius 1 is 1.23 bits per heavy atom. The fraction of sp³-hybridized carbons (Fsp3) is 0.364. The van der Waals surface area contributed by atoms with Crippen LogP contribution in [0.15, 0.2) is 48.8 Å². The normalized spacial score (nSPS) is 14.7. The molecule has 0 unspecified atom stereocenters. The predicted octanol–water partition coefficient (Wildman–Crippen LogP) is 4.10. The molecular formula is C22H24N2O2. The van der Waals surface area contributed by atoms with Gasteiger partial charge in [-0.15, -0.1) is 0 Å². The van der Waals surface area contributed by atoms with Gasteiger partial charge < -0.3 is 9.67 Å². The average Bonchev–Trinajstić information content (AvgIpc) is 3.34. The summed E-state index contributed by atoms with van der Waals surface area (Å²) < 4.78 is 2.28. The van der Waals surface area contributed by atoms with Crippen molar-refractivity contribution in [3.63, 3.8) is 0 Å². The Labute approximate surface area is 153 Å². The molecule has 26 heavy (non-hydrogen) atoms. The van der Waals surface area contributed by atoms with Crippen LogP contribution in [0.25, 0.3) is 10.9 Å². The van der Waals surface area contributed by atoms with Crippen LogP contribution >= 0.6 is 0 Å². The van der Waals surface area contributed by atoms with Crippen molar-refractivity contribution in [3.05, 3.63) is 65.6 Å². The van der Waals surface area contributed by atoms with Gasteiger partial charge >= 0.3 is 0 Å². The zero-order chi connectivity index (χ0) is 18.3. The summed E-state index contributed by atoms with van der Waals surface area (Å²) in [6, 6.07) is 11.3. The summed E-state index contributed by atoms with van der Waals surface area (Å²) in [5.41, 5.74) is 2.50. The summed E-state index contributed by atoms with van der Waals surface area (Å²) in [7, 11) is 0. The molecule has 1 fully saturated rings. The SMILES string of the molecule is CC(C)(O)c1ccc(C(=O)Cc2cc3c(ccn3CC3CC3)cn2)cc1. The molecule has 1 aliphatic rings. The minimum atomic E-state index is -0.902. The molecule has 0 amide bonds. The lowest BCUT2D eigenvalue weighted by Crippen LogP contribution is -2.15. The van der Waals surface area contributed by atoms with Crippen LogP contribution in [-0.4, -0.2) is 20.4 Å². The van der Waals surface area contributed by atoms with Gasteiger partial charge in [-0.2, -0.15) is 0 Å². The first-order chi connectivity index (χ1) is 12.4. The van der Waals surface area contributed by atoms with E-state index in [0.717, 1.165) is 34.6 Å². The number of pyridine rings is 1. The minimum Gasteiger partial charge on any atom is -0.386 e. The van der Waals surface area contributed by atoms with Crippen LogP contribution in [0.1, 0.15) is 48.3 Å². The number of aliphatic hydroxyl groups is 1. The number of aromatic nitrogens is 2. The first-order valence-electron chi connectivity index (χ1n) is 9.20. The van der Waals surface area contributed by atoms with Gasteiger partial charge in [0.25, 0.3) is 0 Å². The standard InChI is InChI=1S/C22H24N2O2/c1-22(2,26)18-7-5-16(6-8-18)21(25)12-19-11-20-17(13-23-19)9-10-24(20)14-15-3-4-15/h5-11,13,15,26H,3-4,12,14H2,1-2H3. The van der Waals surface area contributed by atoms with Crippen molar-refractivity contribution >= 4 is 16.7 Å². The first kappa shape index (κ1) is 17.0. The molecule has 0 bridgehead atoms. The van der Waals surface area contributed by atoms with Crippen LogP contribution in [0, 0.1) is 5.92 Å². The average molecular weight is 348 g/mol. The summed E-state index contributed by atoms with van der Waals surface area (Å²) in [6.07, 6.45) is 6.89. The molecule has 0 atom stereocenters. The second-order valence-corrected chi connectivity index (χ2v) is 7.88. The number of hydrogen-bond acceptors (Lipinski definition) is 3. The van der Waals surface area contributed by atoms with Gasteiger partial charge in [-0.1, -0.05) is 24.3 Å². The molecule has 4 heteroatoms. The van der Waals surface area contributed by atoms with E-state index in [1.807, 2.05) is 24.4 Å².